The van der Waals surface area contributed by atoms with Gasteiger partial charge in [-0.25, -0.2) is 4.79 Å². The van der Waals surface area contributed by atoms with Crippen molar-refractivity contribution in [2.24, 2.45) is 0 Å². The Kier molecular flexibility index (Phi) is 5.23. The van der Waals surface area contributed by atoms with Crippen LogP contribution in [-0.4, -0.2) is 25.8 Å². The van der Waals surface area contributed by atoms with E-state index in [1.807, 2.05) is 31.2 Å². The van der Waals surface area contributed by atoms with Crippen molar-refractivity contribution in [1.29, 1.82) is 0 Å². The molecule has 24 heavy (non-hydrogen) atoms. The molecule has 0 atom stereocenters. The predicted octanol–water partition coefficient (Wildman–Crippen LogP) is 4.67. The number of thiophene rings is 1. The van der Waals surface area contributed by atoms with Crippen LogP contribution in [0.4, 0.5) is 0 Å². The van der Waals surface area contributed by atoms with Crippen molar-refractivity contribution < 1.29 is 9.90 Å². The summed E-state index contributed by atoms with van der Waals surface area (Å²) in [6.45, 7) is 2.81. The van der Waals surface area contributed by atoms with Crippen LogP contribution >= 0.6 is 34.7 Å². The van der Waals surface area contributed by atoms with E-state index in [1.54, 1.807) is 23.9 Å². The van der Waals surface area contributed by atoms with Crippen molar-refractivity contribution in [2.45, 2.75) is 24.4 Å². The zero-order valence-electron chi connectivity index (χ0n) is 12.8. The first-order valence-corrected chi connectivity index (χ1v) is 9.40. The monoisotopic (exact) mass is 379 g/mol. The molecule has 8 heteroatoms. The van der Waals surface area contributed by atoms with Gasteiger partial charge in [-0.1, -0.05) is 35.5 Å². The summed E-state index contributed by atoms with van der Waals surface area (Å²) in [4.78, 5) is 11.9. The van der Waals surface area contributed by atoms with E-state index in [9.17, 15) is 4.79 Å². The van der Waals surface area contributed by atoms with E-state index in [2.05, 4.69) is 14.8 Å². The van der Waals surface area contributed by atoms with Crippen LogP contribution in [0.5, 0.6) is 0 Å². The van der Waals surface area contributed by atoms with Gasteiger partial charge in [0, 0.05) is 12.3 Å². The van der Waals surface area contributed by atoms with Crippen LogP contribution in [0.2, 0.25) is 4.34 Å². The number of carboxylic acids is 1. The first kappa shape index (κ1) is 17.0. The molecule has 5 nitrogen and oxygen atoms in total. The van der Waals surface area contributed by atoms with E-state index in [1.165, 1.54) is 11.3 Å². The van der Waals surface area contributed by atoms with Gasteiger partial charge in [0.2, 0.25) is 0 Å². The standard InChI is InChI=1S/C16H14ClN3O2S2/c1-2-20-14(12-7-8-13(17)24-12)18-19-16(20)23-9-10-3-5-11(6-4-10)15(21)22/h3-8H,2,9H2,1H3,(H,21,22). The molecule has 1 N–H and O–H groups in total. The fourth-order valence-electron chi connectivity index (χ4n) is 2.19. The summed E-state index contributed by atoms with van der Waals surface area (Å²) in [5.41, 5.74) is 1.33. The number of carbonyl (C=O) groups is 1. The van der Waals surface area contributed by atoms with Crippen LogP contribution in [0.3, 0.4) is 0 Å². The lowest BCUT2D eigenvalue weighted by Crippen LogP contribution is -1.99. The van der Waals surface area contributed by atoms with Crippen molar-refractivity contribution in [3.63, 3.8) is 0 Å². The highest BCUT2D eigenvalue weighted by atomic mass is 35.5. The second-order valence-electron chi connectivity index (χ2n) is 4.94. The van der Waals surface area contributed by atoms with E-state index >= 15 is 0 Å². The maximum Gasteiger partial charge on any atom is 0.335 e. The first-order valence-electron chi connectivity index (χ1n) is 7.22. The topological polar surface area (TPSA) is 68.0 Å². The van der Waals surface area contributed by atoms with Gasteiger partial charge in [0.05, 0.1) is 14.8 Å². The van der Waals surface area contributed by atoms with Crippen molar-refractivity contribution in [2.75, 3.05) is 0 Å². The maximum atomic E-state index is 10.9. The smallest absolute Gasteiger partial charge is 0.335 e. The summed E-state index contributed by atoms with van der Waals surface area (Å²) in [5.74, 6) is 0.598. The molecular formula is C16H14ClN3O2S2. The van der Waals surface area contributed by atoms with Crippen LogP contribution in [-0.2, 0) is 12.3 Å². The van der Waals surface area contributed by atoms with Crippen LogP contribution in [0.15, 0.2) is 41.6 Å². The molecule has 0 fully saturated rings. The molecule has 0 aliphatic heterocycles. The number of aromatic carboxylic acids is 1. The van der Waals surface area contributed by atoms with Gasteiger partial charge < -0.3 is 9.67 Å². The van der Waals surface area contributed by atoms with Crippen molar-refractivity contribution >= 4 is 40.7 Å². The predicted molar refractivity (Wildman–Crippen MR) is 97.0 cm³/mol. The van der Waals surface area contributed by atoms with E-state index < -0.39 is 5.97 Å². The molecule has 0 bridgehead atoms. The maximum absolute atomic E-state index is 10.9. The highest BCUT2D eigenvalue weighted by molar-refractivity contribution is 7.98. The molecule has 0 saturated carbocycles. The number of hydrogen-bond acceptors (Lipinski definition) is 5. The third-order valence-corrected chi connectivity index (χ3v) is 5.66. The van der Waals surface area contributed by atoms with E-state index in [0.29, 0.717) is 5.75 Å². The Labute approximate surface area is 152 Å². The van der Waals surface area contributed by atoms with E-state index in [4.69, 9.17) is 16.7 Å². The van der Waals surface area contributed by atoms with Crippen molar-refractivity contribution in [3.8, 4) is 10.7 Å². The quantitative estimate of drug-likeness (QED) is 0.630. The molecule has 0 radical (unpaired) electrons. The summed E-state index contributed by atoms with van der Waals surface area (Å²) < 4.78 is 2.78. The molecular weight excluding hydrogens is 366 g/mol. The molecule has 2 aromatic heterocycles. The number of benzene rings is 1. The SMILES string of the molecule is CCn1c(SCc2ccc(C(=O)O)cc2)nnc1-c1ccc(Cl)s1. The average molecular weight is 380 g/mol. The summed E-state index contributed by atoms with van der Waals surface area (Å²) in [7, 11) is 0. The zero-order valence-corrected chi connectivity index (χ0v) is 15.2. The van der Waals surface area contributed by atoms with Gasteiger partial charge in [-0.2, -0.15) is 0 Å². The minimum atomic E-state index is -0.917. The molecule has 0 aliphatic rings. The lowest BCUT2D eigenvalue weighted by atomic mass is 10.1. The molecule has 1 aromatic carbocycles. The molecule has 3 rings (SSSR count). The number of thioether (sulfide) groups is 1. The highest BCUT2D eigenvalue weighted by Gasteiger charge is 2.15. The number of hydrogen-bond donors (Lipinski definition) is 1. The van der Waals surface area contributed by atoms with Gasteiger partial charge in [0.25, 0.3) is 0 Å². The normalized spacial score (nSPS) is 10.9. The molecule has 0 spiro atoms. The summed E-state index contributed by atoms with van der Waals surface area (Å²) in [5, 5.41) is 18.3. The fraction of sp³-hybridized carbons (Fsp3) is 0.188. The highest BCUT2D eigenvalue weighted by Crippen LogP contribution is 2.32. The van der Waals surface area contributed by atoms with Crippen LogP contribution in [0.1, 0.15) is 22.8 Å². The van der Waals surface area contributed by atoms with Crippen LogP contribution in [0.25, 0.3) is 10.7 Å². The number of aromatic nitrogens is 3. The molecule has 2 heterocycles. The van der Waals surface area contributed by atoms with Gasteiger partial charge in [-0.05, 0) is 36.8 Å². The van der Waals surface area contributed by atoms with Crippen molar-refractivity contribution in [3.05, 3.63) is 51.9 Å². The summed E-state index contributed by atoms with van der Waals surface area (Å²) in [6, 6.07) is 10.7. The minimum Gasteiger partial charge on any atom is -0.478 e. The first-order chi connectivity index (χ1) is 11.6. The lowest BCUT2D eigenvalue weighted by Gasteiger charge is -2.06. The Bertz CT molecular complexity index is 859. The summed E-state index contributed by atoms with van der Waals surface area (Å²) >= 11 is 9.06. The fourth-order valence-corrected chi connectivity index (χ4v) is 4.18. The second kappa shape index (κ2) is 7.38. The number of carboxylic acid groups (broad SMARTS) is 1. The third-order valence-electron chi connectivity index (χ3n) is 3.40. The van der Waals surface area contributed by atoms with Crippen LogP contribution < -0.4 is 0 Å². The lowest BCUT2D eigenvalue weighted by molar-refractivity contribution is 0.0697. The average Bonchev–Trinajstić information content (AvgIpc) is 3.18. The van der Waals surface area contributed by atoms with Gasteiger partial charge in [0.15, 0.2) is 11.0 Å². The van der Waals surface area contributed by atoms with Gasteiger partial charge >= 0.3 is 5.97 Å². The number of nitrogens with zero attached hydrogens (tertiary/aromatic N) is 3. The van der Waals surface area contributed by atoms with Gasteiger partial charge in [-0.3, -0.25) is 0 Å². The van der Waals surface area contributed by atoms with Gasteiger partial charge in [-0.15, -0.1) is 21.5 Å². The Morgan fingerprint density at radius 1 is 1.25 bits per heavy atom. The third kappa shape index (κ3) is 3.63. The molecule has 0 saturated heterocycles. The Morgan fingerprint density at radius 2 is 2.00 bits per heavy atom. The second-order valence-corrected chi connectivity index (χ2v) is 7.60. The Hall–Kier alpha value is -1.83. The molecule has 124 valence electrons. The van der Waals surface area contributed by atoms with E-state index in [0.717, 1.165) is 32.3 Å². The van der Waals surface area contributed by atoms with Gasteiger partial charge in [0.1, 0.15) is 0 Å². The Balaban J connectivity index is 1.76. The minimum absolute atomic E-state index is 0.289. The van der Waals surface area contributed by atoms with Crippen LogP contribution in [0, 0.1) is 0 Å². The van der Waals surface area contributed by atoms with Crippen molar-refractivity contribution in [1.82, 2.24) is 14.8 Å². The molecule has 0 unspecified atom stereocenters. The number of halogens is 1. The van der Waals surface area contributed by atoms with E-state index in [-0.39, 0.29) is 5.56 Å². The molecule has 0 amide bonds. The number of rotatable bonds is 6. The summed E-state index contributed by atoms with van der Waals surface area (Å²) in [6.07, 6.45) is 0. The largest absolute Gasteiger partial charge is 0.478 e. The molecule has 3 aromatic rings. The molecule has 0 aliphatic carbocycles. The zero-order chi connectivity index (χ0) is 17.1. The Morgan fingerprint density at radius 3 is 2.58 bits per heavy atom.